The first-order valence-electron chi connectivity index (χ1n) is 23.4. The number of fused-ring (bicyclic) bond motifs is 8. The van der Waals surface area contributed by atoms with Crippen LogP contribution >= 0.6 is 0 Å². The summed E-state index contributed by atoms with van der Waals surface area (Å²) in [5, 5.41) is 0. The van der Waals surface area contributed by atoms with Gasteiger partial charge in [-0.25, -0.2) is 4.79 Å². The van der Waals surface area contributed by atoms with E-state index < -0.39 is 28.0 Å². The third-order valence-electron chi connectivity index (χ3n) is 17.7. The average Bonchev–Trinajstić information content (AvgIpc) is 3.40. The Hall–Kier alpha value is -0.946. The molecule has 3 saturated carbocycles. The number of ether oxygens (including phenoxy) is 3. The Balaban J connectivity index is 1.42. The zero-order valence-corrected chi connectivity index (χ0v) is 40.3. The smallest absolute Gasteiger partial charge is 0.412 e. The van der Waals surface area contributed by atoms with Gasteiger partial charge in [0.1, 0.15) is 17.4 Å². The lowest BCUT2D eigenvalue weighted by Gasteiger charge is -2.72. The molecule has 3 heterocycles. The van der Waals surface area contributed by atoms with Gasteiger partial charge in [0, 0.05) is 17.6 Å². The first-order chi connectivity index (χ1) is 26.1. The molecule has 3 saturated heterocycles. The van der Waals surface area contributed by atoms with Gasteiger partial charge < -0.3 is 23.1 Å². The highest BCUT2D eigenvalue weighted by molar-refractivity contribution is 6.74. The molecule has 0 N–H and O–H groups in total. The predicted molar refractivity (Wildman–Crippen MR) is 229 cm³/mol. The summed E-state index contributed by atoms with van der Waals surface area (Å²) >= 11 is 0. The number of likely N-dealkylation sites (tertiary alicyclic amines) is 1. The fourth-order valence-corrected chi connectivity index (χ4v) is 20.0. The molecule has 10 heteroatoms. The Morgan fingerprint density at radius 2 is 1.39 bits per heavy atom. The van der Waals surface area contributed by atoms with E-state index in [-0.39, 0.29) is 58.6 Å². The first kappa shape index (κ1) is 44.6. The number of esters is 1. The Labute approximate surface area is 344 Å². The molecule has 0 aromatic rings. The van der Waals surface area contributed by atoms with E-state index in [0.29, 0.717) is 43.1 Å². The van der Waals surface area contributed by atoms with Crippen molar-refractivity contribution in [3.63, 3.8) is 0 Å². The molecule has 8 nitrogen and oxygen atoms in total. The zero-order valence-electron chi connectivity index (χ0n) is 38.3. The van der Waals surface area contributed by atoms with E-state index >= 15 is 0 Å². The van der Waals surface area contributed by atoms with Crippen molar-refractivity contribution in [1.29, 1.82) is 0 Å². The van der Waals surface area contributed by atoms with E-state index in [4.69, 9.17) is 23.1 Å². The summed E-state index contributed by atoms with van der Waals surface area (Å²) in [5.74, 6) is 2.12. The van der Waals surface area contributed by atoms with Crippen molar-refractivity contribution in [2.24, 2.45) is 45.8 Å². The summed E-state index contributed by atoms with van der Waals surface area (Å²) in [7, 11) is -3.90. The van der Waals surface area contributed by atoms with Crippen molar-refractivity contribution in [2.75, 3.05) is 6.54 Å². The van der Waals surface area contributed by atoms with Gasteiger partial charge in [-0.1, -0.05) is 76.2 Å². The quantitative estimate of drug-likeness (QED) is 0.135. The van der Waals surface area contributed by atoms with Gasteiger partial charge in [0.05, 0.1) is 19.1 Å². The standard InChI is InChI=1S/C46H83NO7Si2/c1-15-55(16-2,17-3)53-36-25-31(7)24-35-34(36)26-37(54-56(18-4,19-5)20-6)40-43(35,12)28-38-44(13,45(40,14)29-39(48)50-38)21-22-46-27-32(8)23-33(51-46)30-47(46)41(49)52-42(9,10)11/h31-38,40H,15-30H2,1-14H3/t31-,32+,33-,34+,35-,36-,37-,38-,40+,43+,44-,45+,46+/m1/s1. The second kappa shape index (κ2) is 15.8. The van der Waals surface area contributed by atoms with Crippen LogP contribution in [0.3, 0.4) is 0 Å². The average molecular weight is 818 g/mol. The van der Waals surface area contributed by atoms with E-state index in [1.54, 1.807) is 0 Å². The molecule has 322 valence electrons. The van der Waals surface area contributed by atoms with Crippen molar-refractivity contribution < 1.29 is 32.7 Å². The molecule has 56 heavy (non-hydrogen) atoms. The van der Waals surface area contributed by atoms with Crippen LogP contribution < -0.4 is 0 Å². The SMILES string of the molecule is CC[Si](CC)(CC)O[C@@H]1C[C@H](C)C[C@@H]2[C@@H]1C[C@@H](O[Si](CC)(CC)CC)[C@H]1[C@@]2(C)C[C@H]2OC(=O)C[C@]1(C)[C@]2(C)CC[C@]12C[C@@H](C)C[C@H](CN1C(=O)OC(C)(C)C)O2. The number of carbonyl (C=O) groups excluding carboxylic acids is 2. The fourth-order valence-electron chi connectivity index (χ4n) is 14.2. The van der Waals surface area contributed by atoms with Crippen LogP contribution in [0.2, 0.25) is 36.3 Å². The molecule has 0 aromatic heterocycles. The molecule has 6 aliphatic rings. The molecule has 3 aliphatic heterocycles. The zero-order chi connectivity index (χ0) is 41.3. The second-order valence-electron chi connectivity index (χ2n) is 21.9. The van der Waals surface area contributed by atoms with E-state index in [1.165, 1.54) is 24.6 Å². The minimum absolute atomic E-state index is 0.0169. The van der Waals surface area contributed by atoms with Crippen LogP contribution in [0.25, 0.3) is 0 Å². The largest absolute Gasteiger partial charge is 0.462 e. The number of nitrogens with zero attached hydrogens (tertiary/aromatic N) is 1. The summed E-state index contributed by atoms with van der Waals surface area (Å²) in [6.07, 6.45) is 7.78. The maximum absolute atomic E-state index is 13.9. The van der Waals surface area contributed by atoms with E-state index in [2.05, 4.69) is 76.2 Å². The lowest BCUT2D eigenvalue weighted by molar-refractivity contribution is -0.287. The number of hydrogen-bond acceptors (Lipinski definition) is 7. The molecule has 3 aliphatic carbocycles. The van der Waals surface area contributed by atoms with Gasteiger partial charge in [0.25, 0.3) is 0 Å². The molecule has 6 fully saturated rings. The van der Waals surface area contributed by atoms with Crippen LogP contribution in [0, 0.1) is 45.8 Å². The molecule has 0 spiro atoms. The predicted octanol–water partition coefficient (Wildman–Crippen LogP) is 11.7. The molecular weight excluding hydrogens is 735 g/mol. The lowest BCUT2D eigenvalue weighted by atomic mass is 9.35. The molecule has 13 atom stereocenters. The van der Waals surface area contributed by atoms with Crippen LogP contribution in [-0.2, 0) is 27.9 Å². The lowest BCUT2D eigenvalue weighted by Crippen LogP contribution is -2.72. The summed E-state index contributed by atoms with van der Waals surface area (Å²) in [6, 6.07) is 6.85. The van der Waals surface area contributed by atoms with Crippen LogP contribution in [0.15, 0.2) is 0 Å². The van der Waals surface area contributed by atoms with Gasteiger partial charge in [-0.2, -0.15) is 0 Å². The number of carbonyl (C=O) groups is 2. The first-order valence-corrected chi connectivity index (χ1v) is 28.4. The highest BCUT2D eigenvalue weighted by Crippen LogP contribution is 2.73. The molecule has 0 aromatic carbocycles. The van der Waals surface area contributed by atoms with E-state index in [9.17, 15) is 9.59 Å². The summed E-state index contributed by atoms with van der Waals surface area (Å²) < 4.78 is 35.1. The van der Waals surface area contributed by atoms with Gasteiger partial charge in [0.15, 0.2) is 16.6 Å². The van der Waals surface area contributed by atoms with Crippen LogP contribution in [-0.4, -0.2) is 75.9 Å². The van der Waals surface area contributed by atoms with Gasteiger partial charge in [0.2, 0.25) is 0 Å². The third-order valence-corrected chi connectivity index (χ3v) is 27.1. The number of hydrogen-bond donors (Lipinski definition) is 0. The highest BCUT2D eigenvalue weighted by Gasteiger charge is 2.73. The van der Waals surface area contributed by atoms with E-state index in [0.717, 1.165) is 56.7 Å². The Morgan fingerprint density at radius 3 is 1.96 bits per heavy atom. The fraction of sp³-hybridized carbons (Fsp3) is 0.957. The molecule has 6 rings (SSSR count). The number of rotatable bonds is 13. The van der Waals surface area contributed by atoms with Crippen molar-refractivity contribution >= 4 is 28.7 Å². The number of amides is 1. The van der Waals surface area contributed by atoms with Gasteiger partial charge >= 0.3 is 12.1 Å². The topological polar surface area (TPSA) is 83.5 Å². The van der Waals surface area contributed by atoms with Gasteiger partial charge in [-0.3, -0.25) is 9.69 Å². The molecule has 4 bridgehead atoms. The Kier molecular flexibility index (Phi) is 12.6. The van der Waals surface area contributed by atoms with Crippen molar-refractivity contribution in [3.8, 4) is 0 Å². The minimum Gasteiger partial charge on any atom is -0.462 e. The second-order valence-corrected chi connectivity index (χ2v) is 31.3. The van der Waals surface area contributed by atoms with Crippen LogP contribution in [0.1, 0.15) is 155 Å². The highest BCUT2D eigenvalue weighted by atomic mass is 28.4. The summed E-state index contributed by atoms with van der Waals surface area (Å²) in [5.41, 5.74) is -2.06. The van der Waals surface area contributed by atoms with Crippen LogP contribution in [0.5, 0.6) is 0 Å². The summed E-state index contributed by atoms with van der Waals surface area (Å²) in [4.78, 5) is 29.8. The molecule has 0 radical (unpaired) electrons. The minimum atomic E-state index is -2.04. The van der Waals surface area contributed by atoms with Crippen LogP contribution in [0.4, 0.5) is 4.79 Å². The molecular formula is C46H83NO7Si2. The Morgan fingerprint density at radius 1 is 0.804 bits per heavy atom. The van der Waals surface area contributed by atoms with Crippen molar-refractivity contribution in [3.05, 3.63) is 0 Å². The Bertz CT molecular complexity index is 1410. The summed E-state index contributed by atoms with van der Waals surface area (Å²) in [6.45, 7) is 32.8. The third kappa shape index (κ3) is 7.54. The van der Waals surface area contributed by atoms with Crippen molar-refractivity contribution in [1.82, 2.24) is 4.90 Å². The monoisotopic (exact) mass is 818 g/mol. The van der Waals surface area contributed by atoms with Gasteiger partial charge in [-0.15, -0.1) is 0 Å². The van der Waals surface area contributed by atoms with Crippen molar-refractivity contribution in [2.45, 2.75) is 227 Å². The maximum Gasteiger partial charge on any atom is 0.412 e. The van der Waals surface area contributed by atoms with E-state index in [1.807, 2.05) is 25.7 Å². The molecule has 1 amide bonds. The normalized spacial score (nSPS) is 42.5. The van der Waals surface area contributed by atoms with Gasteiger partial charge in [-0.05, 0) is 149 Å². The molecule has 0 unspecified atom stereocenters. The maximum atomic E-state index is 13.9.